The molecule has 3 N–H and O–H groups in total. The van der Waals surface area contributed by atoms with Crippen molar-refractivity contribution in [2.45, 2.75) is 0 Å². The molecule has 0 unspecified atom stereocenters. The fourth-order valence-electron chi connectivity index (χ4n) is 1.52. The van der Waals surface area contributed by atoms with Gasteiger partial charge in [-0.1, -0.05) is 0 Å². The summed E-state index contributed by atoms with van der Waals surface area (Å²) >= 11 is 0. The van der Waals surface area contributed by atoms with Gasteiger partial charge in [0.1, 0.15) is 0 Å². The molecular weight excluding hydrogens is 192 g/mol. The maximum absolute atomic E-state index is 5.54. The third-order valence-corrected chi connectivity index (χ3v) is 2.21. The molecule has 6 nitrogen and oxygen atoms in total. The molecule has 0 radical (unpaired) electrons. The van der Waals surface area contributed by atoms with Gasteiger partial charge in [0.25, 0.3) is 0 Å². The van der Waals surface area contributed by atoms with Gasteiger partial charge in [0.2, 0.25) is 5.95 Å². The summed E-state index contributed by atoms with van der Waals surface area (Å²) in [6.45, 7) is 0. The Bertz CT molecular complexity index is 594. The van der Waals surface area contributed by atoms with E-state index in [9.17, 15) is 0 Å². The molecule has 0 saturated heterocycles. The summed E-state index contributed by atoms with van der Waals surface area (Å²) in [4.78, 5) is 3.92. The molecule has 3 aromatic rings. The van der Waals surface area contributed by atoms with Crippen molar-refractivity contribution in [2.24, 2.45) is 0 Å². The average Bonchev–Trinajstić information content (AvgIpc) is 2.83. The highest BCUT2D eigenvalue weighted by molar-refractivity contribution is 5.65. The van der Waals surface area contributed by atoms with E-state index in [0.717, 1.165) is 16.8 Å². The van der Waals surface area contributed by atoms with Crippen LogP contribution in [0, 0.1) is 0 Å². The zero-order valence-corrected chi connectivity index (χ0v) is 7.75. The molecule has 0 bridgehead atoms. The van der Waals surface area contributed by atoms with Gasteiger partial charge in [-0.25, -0.2) is 9.50 Å². The van der Waals surface area contributed by atoms with E-state index in [1.54, 1.807) is 23.1 Å². The maximum Gasteiger partial charge on any atom is 0.238 e. The number of fused-ring (bicyclic) bond motifs is 1. The van der Waals surface area contributed by atoms with Crippen LogP contribution in [0.25, 0.3) is 16.8 Å². The third kappa shape index (κ3) is 1.15. The number of nitrogens with one attached hydrogen (secondary N) is 1. The van der Waals surface area contributed by atoms with Crippen LogP contribution in [0.15, 0.2) is 30.7 Å². The van der Waals surface area contributed by atoms with Crippen molar-refractivity contribution < 1.29 is 0 Å². The first-order valence-electron chi connectivity index (χ1n) is 4.44. The number of hydrogen-bond donors (Lipinski definition) is 2. The normalized spacial score (nSPS) is 10.9. The van der Waals surface area contributed by atoms with Crippen molar-refractivity contribution >= 4 is 11.5 Å². The summed E-state index contributed by atoms with van der Waals surface area (Å²) in [6.07, 6.45) is 5.23. The Morgan fingerprint density at radius 3 is 3.00 bits per heavy atom. The number of nitrogens with zero attached hydrogens (tertiary/aromatic N) is 4. The Hall–Kier alpha value is -2.37. The molecule has 0 aliphatic heterocycles. The van der Waals surface area contributed by atoms with Crippen molar-refractivity contribution in [2.75, 3.05) is 5.73 Å². The first-order chi connectivity index (χ1) is 7.34. The number of aromatic nitrogens is 5. The van der Waals surface area contributed by atoms with Crippen LogP contribution in [0.2, 0.25) is 0 Å². The first-order valence-corrected chi connectivity index (χ1v) is 4.44. The largest absolute Gasteiger partial charge is 0.367 e. The molecule has 0 fully saturated rings. The van der Waals surface area contributed by atoms with E-state index in [2.05, 4.69) is 20.3 Å². The Morgan fingerprint density at radius 1 is 1.27 bits per heavy atom. The standard InChI is InChI=1S/C9H8N6/c10-9-11-5-7-1-2-8(15(7)14-9)6-3-12-13-4-6/h1-5H,(H2,10,14)(H,12,13). The molecule has 0 aliphatic rings. The van der Waals surface area contributed by atoms with E-state index in [1.165, 1.54) is 0 Å². The van der Waals surface area contributed by atoms with Gasteiger partial charge < -0.3 is 5.73 Å². The SMILES string of the molecule is Nc1ncc2ccc(-c3cn[nH]c3)n2n1. The molecule has 3 rings (SSSR count). The van der Waals surface area contributed by atoms with Crippen molar-refractivity contribution in [1.82, 2.24) is 24.8 Å². The van der Waals surface area contributed by atoms with Crippen molar-refractivity contribution in [3.63, 3.8) is 0 Å². The fourth-order valence-corrected chi connectivity index (χ4v) is 1.52. The lowest BCUT2D eigenvalue weighted by Gasteiger charge is -1.98. The molecule has 0 atom stereocenters. The molecule has 0 aliphatic carbocycles. The van der Waals surface area contributed by atoms with Crippen LogP contribution < -0.4 is 5.73 Å². The van der Waals surface area contributed by atoms with Gasteiger partial charge in [0.15, 0.2) is 0 Å². The Balaban J connectivity index is 2.32. The highest BCUT2D eigenvalue weighted by Gasteiger charge is 2.06. The van der Waals surface area contributed by atoms with E-state index in [4.69, 9.17) is 5.73 Å². The molecule has 3 heterocycles. The molecule has 3 aromatic heterocycles. The Labute approximate surface area is 84.8 Å². The number of aromatic amines is 1. The van der Waals surface area contributed by atoms with Gasteiger partial charge in [0, 0.05) is 11.8 Å². The fraction of sp³-hybridized carbons (Fsp3) is 0. The predicted molar refractivity (Wildman–Crippen MR) is 55.0 cm³/mol. The van der Waals surface area contributed by atoms with Crippen LogP contribution in [0.5, 0.6) is 0 Å². The minimum absolute atomic E-state index is 0.253. The van der Waals surface area contributed by atoms with Gasteiger partial charge in [0.05, 0.1) is 23.6 Å². The quantitative estimate of drug-likeness (QED) is 0.605. The van der Waals surface area contributed by atoms with Gasteiger partial charge in [-0.05, 0) is 12.1 Å². The van der Waals surface area contributed by atoms with Gasteiger partial charge in [-0.3, -0.25) is 5.10 Å². The molecule has 15 heavy (non-hydrogen) atoms. The van der Waals surface area contributed by atoms with E-state index in [0.29, 0.717) is 0 Å². The smallest absolute Gasteiger partial charge is 0.238 e. The highest BCUT2D eigenvalue weighted by atomic mass is 15.3. The topological polar surface area (TPSA) is 84.9 Å². The van der Waals surface area contributed by atoms with Crippen LogP contribution in [0.4, 0.5) is 5.95 Å². The van der Waals surface area contributed by atoms with Crippen molar-refractivity contribution in [3.8, 4) is 11.3 Å². The summed E-state index contributed by atoms with van der Waals surface area (Å²) in [5.41, 5.74) is 8.35. The molecular formula is C9H8N6. The van der Waals surface area contributed by atoms with Gasteiger partial charge in [-0.15, -0.1) is 5.10 Å². The zero-order chi connectivity index (χ0) is 10.3. The second-order valence-electron chi connectivity index (χ2n) is 3.16. The predicted octanol–water partition coefficient (Wildman–Crippen LogP) is 0.702. The Kier molecular flexibility index (Phi) is 1.49. The van der Waals surface area contributed by atoms with Crippen LogP contribution in [-0.2, 0) is 0 Å². The minimum Gasteiger partial charge on any atom is -0.367 e. The minimum atomic E-state index is 0.253. The highest BCUT2D eigenvalue weighted by Crippen LogP contribution is 2.19. The van der Waals surface area contributed by atoms with Crippen LogP contribution in [0.1, 0.15) is 0 Å². The van der Waals surface area contributed by atoms with E-state index >= 15 is 0 Å². The number of nitrogens with two attached hydrogens (primary N) is 1. The van der Waals surface area contributed by atoms with Crippen molar-refractivity contribution in [3.05, 3.63) is 30.7 Å². The van der Waals surface area contributed by atoms with Crippen LogP contribution in [0.3, 0.4) is 0 Å². The summed E-state index contributed by atoms with van der Waals surface area (Å²) in [5, 5.41) is 10.8. The number of H-pyrrole nitrogens is 1. The number of anilines is 1. The summed E-state index contributed by atoms with van der Waals surface area (Å²) in [7, 11) is 0. The molecule has 0 spiro atoms. The van der Waals surface area contributed by atoms with E-state index in [-0.39, 0.29) is 5.95 Å². The van der Waals surface area contributed by atoms with Crippen LogP contribution >= 0.6 is 0 Å². The Morgan fingerprint density at radius 2 is 2.20 bits per heavy atom. The third-order valence-electron chi connectivity index (χ3n) is 2.21. The lowest BCUT2D eigenvalue weighted by atomic mass is 10.3. The molecule has 6 heteroatoms. The second kappa shape index (κ2) is 2.81. The summed E-state index contributed by atoms with van der Waals surface area (Å²) in [6, 6.07) is 3.88. The second-order valence-corrected chi connectivity index (χ2v) is 3.16. The lowest BCUT2D eigenvalue weighted by Crippen LogP contribution is -2.01. The number of hydrogen-bond acceptors (Lipinski definition) is 4. The molecule has 74 valence electrons. The molecule has 0 amide bonds. The summed E-state index contributed by atoms with van der Waals surface area (Å²) in [5.74, 6) is 0.253. The monoisotopic (exact) mass is 200 g/mol. The first kappa shape index (κ1) is 7.98. The molecule has 0 saturated carbocycles. The van der Waals surface area contributed by atoms with Gasteiger partial charge in [-0.2, -0.15) is 5.10 Å². The molecule has 0 aromatic carbocycles. The number of nitrogen functional groups attached to an aromatic ring is 1. The van der Waals surface area contributed by atoms with E-state index < -0.39 is 0 Å². The zero-order valence-electron chi connectivity index (χ0n) is 7.75. The summed E-state index contributed by atoms with van der Waals surface area (Å²) < 4.78 is 1.74. The van der Waals surface area contributed by atoms with Crippen molar-refractivity contribution in [1.29, 1.82) is 0 Å². The van der Waals surface area contributed by atoms with E-state index in [1.807, 2.05) is 12.1 Å². The lowest BCUT2D eigenvalue weighted by molar-refractivity contribution is 0.924. The van der Waals surface area contributed by atoms with Crippen LogP contribution in [-0.4, -0.2) is 24.8 Å². The van der Waals surface area contributed by atoms with Gasteiger partial charge >= 0.3 is 0 Å². The number of rotatable bonds is 1. The average molecular weight is 200 g/mol. The maximum atomic E-state index is 5.54.